The number of nitrogen functional groups attached to an aromatic ring is 1. The Kier molecular flexibility index (Phi) is 4.40. The first-order chi connectivity index (χ1) is 8.00. The topological polar surface area (TPSA) is 61.0 Å². The number of aromatic nitrogens is 2. The molecular weight excluding hydrogens is 221 g/mol. The second-order valence-corrected chi connectivity index (χ2v) is 3.97. The lowest BCUT2D eigenvalue weighted by atomic mass is 9.95. The predicted octanol–water partition coefficient (Wildman–Crippen LogP) is 2.56. The monoisotopic (exact) mass is 241 g/mol. The molecule has 1 heterocycles. The van der Waals surface area contributed by atoms with Gasteiger partial charge in [-0.1, -0.05) is 13.8 Å². The molecule has 0 aliphatic carbocycles. The number of nitrogens with two attached hydrogens (primary N) is 1. The van der Waals surface area contributed by atoms with E-state index in [9.17, 15) is 4.39 Å². The van der Waals surface area contributed by atoms with Gasteiger partial charge in [0.25, 0.3) is 0 Å². The maximum Gasteiger partial charge on any atom is 0.186 e. The Labute approximate surface area is 101 Å². The molecule has 5 heteroatoms. The van der Waals surface area contributed by atoms with Crippen molar-refractivity contribution in [2.75, 3.05) is 12.3 Å². The van der Waals surface area contributed by atoms with Gasteiger partial charge in [0.2, 0.25) is 0 Å². The van der Waals surface area contributed by atoms with E-state index in [1.54, 1.807) is 6.92 Å². The zero-order valence-corrected chi connectivity index (χ0v) is 10.9. The second kappa shape index (κ2) is 5.40. The number of ether oxygens (including phenoxy) is 1. The molecule has 0 aromatic carbocycles. The summed E-state index contributed by atoms with van der Waals surface area (Å²) in [6, 6.07) is 0. The summed E-state index contributed by atoms with van der Waals surface area (Å²) in [6.45, 7) is 8.05. The predicted molar refractivity (Wildman–Crippen MR) is 65.0 cm³/mol. The van der Waals surface area contributed by atoms with Gasteiger partial charge in [-0.05, 0) is 26.7 Å². The summed E-state index contributed by atoms with van der Waals surface area (Å²) >= 11 is 0. The van der Waals surface area contributed by atoms with Gasteiger partial charge in [0.15, 0.2) is 17.5 Å². The van der Waals surface area contributed by atoms with Gasteiger partial charge in [-0.2, -0.15) is 0 Å². The van der Waals surface area contributed by atoms with Crippen molar-refractivity contribution in [3.05, 3.63) is 17.3 Å². The van der Waals surface area contributed by atoms with Crippen LogP contribution in [0.15, 0.2) is 0 Å². The third kappa shape index (κ3) is 2.54. The zero-order valence-electron chi connectivity index (χ0n) is 10.9. The summed E-state index contributed by atoms with van der Waals surface area (Å²) in [7, 11) is 0. The van der Waals surface area contributed by atoms with Crippen LogP contribution in [0.1, 0.15) is 45.1 Å². The average molecular weight is 241 g/mol. The van der Waals surface area contributed by atoms with E-state index in [2.05, 4.69) is 9.97 Å². The number of aryl methyl sites for hydroxylation is 1. The summed E-state index contributed by atoms with van der Waals surface area (Å²) in [5.41, 5.74) is 5.24. The van der Waals surface area contributed by atoms with Crippen LogP contribution in [0.4, 0.5) is 10.2 Å². The first kappa shape index (κ1) is 13.8. The van der Waals surface area contributed by atoms with Crippen molar-refractivity contribution in [1.29, 1.82) is 0 Å². The van der Waals surface area contributed by atoms with E-state index in [-0.39, 0.29) is 11.5 Å². The van der Waals surface area contributed by atoms with Crippen molar-refractivity contribution in [3.8, 4) is 0 Å². The minimum absolute atomic E-state index is 0.113. The van der Waals surface area contributed by atoms with Crippen molar-refractivity contribution in [1.82, 2.24) is 9.97 Å². The van der Waals surface area contributed by atoms with Crippen molar-refractivity contribution < 1.29 is 9.13 Å². The summed E-state index contributed by atoms with van der Waals surface area (Å²) in [6.07, 6.45) is 1.45. The van der Waals surface area contributed by atoms with E-state index in [4.69, 9.17) is 10.5 Å². The normalized spacial score (nSPS) is 11.8. The van der Waals surface area contributed by atoms with Crippen LogP contribution in [0.5, 0.6) is 0 Å². The molecule has 0 unspecified atom stereocenters. The van der Waals surface area contributed by atoms with Gasteiger partial charge in [-0.3, -0.25) is 0 Å². The highest BCUT2D eigenvalue weighted by molar-refractivity contribution is 5.33. The summed E-state index contributed by atoms with van der Waals surface area (Å²) < 4.78 is 19.2. The van der Waals surface area contributed by atoms with Crippen LogP contribution in [0.2, 0.25) is 0 Å². The van der Waals surface area contributed by atoms with Gasteiger partial charge in [-0.15, -0.1) is 0 Å². The zero-order chi connectivity index (χ0) is 13.1. The molecule has 0 amide bonds. The van der Waals surface area contributed by atoms with Crippen LogP contribution in [0.25, 0.3) is 0 Å². The molecule has 17 heavy (non-hydrogen) atoms. The molecule has 1 rings (SSSR count). The number of nitrogens with zero attached hydrogens (tertiary/aromatic N) is 2. The lowest BCUT2D eigenvalue weighted by molar-refractivity contribution is -0.0572. The Balaban J connectivity index is 3.28. The van der Waals surface area contributed by atoms with Crippen LogP contribution in [0.3, 0.4) is 0 Å². The Morgan fingerprint density at radius 1 is 1.24 bits per heavy atom. The van der Waals surface area contributed by atoms with Gasteiger partial charge in [0.1, 0.15) is 5.60 Å². The molecule has 0 aliphatic heterocycles. The Bertz CT molecular complexity index is 368. The van der Waals surface area contributed by atoms with Crippen LogP contribution >= 0.6 is 0 Å². The molecule has 0 radical (unpaired) electrons. The van der Waals surface area contributed by atoms with Crippen LogP contribution in [-0.4, -0.2) is 16.6 Å². The molecular formula is C12H20FN3O. The molecule has 0 bridgehead atoms. The summed E-state index contributed by atoms with van der Waals surface area (Å²) in [5, 5.41) is 0. The fourth-order valence-corrected chi connectivity index (χ4v) is 1.90. The molecule has 0 spiro atoms. The first-order valence-corrected chi connectivity index (χ1v) is 5.94. The van der Waals surface area contributed by atoms with Gasteiger partial charge in [0.05, 0.1) is 5.69 Å². The Hall–Kier alpha value is -1.23. The highest BCUT2D eigenvalue weighted by Gasteiger charge is 2.33. The molecule has 0 saturated heterocycles. The number of hydrogen-bond acceptors (Lipinski definition) is 4. The van der Waals surface area contributed by atoms with Crippen molar-refractivity contribution in [2.45, 2.75) is 46.1 Å². The molecule has 4 nitrogen and oxygen atoms in total. The molecule has 1 aromatic heterocycles. The fourth-order valence-electron chi connectivity index (χ4n) is 1.90. The van der Waals surface area contributed by atoms with Gasteiger partial charge < -0.3 is 10.5 Å². The highest BCUT2D eigenvalue weighted by atomic mass is 19.1. The minimum Gasteiger partial charge on any atom is -0.381 e. The number of rotatable bonds is 5. The van der Waals surface area contributed by atoms with Gasteiger partial charge >= 0.3 is 0 Å². The van der Waals surface area contributed by atoms with Crippen LogP contribution in [-0.2, 0) is 10.3 Å². The summed E-state index contributed by atoms with van der Waals surface area (Å²) in [4.78, 5) is 8.21. The third-order valence-corrected chi connectivity index (χ3v) is 3.01. The first-order valence-electron chi connectivity index (χ1n) is 5.94. The average Bonchev–Trinajstić information content (AvgIpc) is 2.32. The van der Waals surface area contributed by atoms with Crippen LogP contribution in [0, 0.1) is 12.7 Å². The SMILES string of the molecule is CCOC(CC)(CC)c1nc(C)c(F)c(N)n1. The van der Waals surface area contributed by atoms with E-state index in [1.807, 2.05) is 20.8 Å². The van der Waals surface area contributed by atoms with Gasteiger partial charge in [-0.25, -0.2) is 14.4 Å². The van der Waals surface area contributed by atoms with Crippen molar-refractivity contribution in [2.24, 2.45) is 0 Å². The molecule has 0 fully saturated rings. The second-order valence-electron chi connectivity index (χ2n) is 3.97. The van der Waals surface area contributed by atoms with Gasteiger partial charge in [0, 0.05) is 6.61 Å². The lowest BCUT2D eigenvalue weighted by Crippen LogP contribution is -2.31. The number of halogens is 1. The quantitative estimate of drug-likeness (QED) is 0.860. The molecule has 0 aliphatic rings. The molecule has 2 N–H and O–H groups in total. The Morgan fingerprint density at radius 3 is 2.24 bits per heavy atom. The van der Waals surface area contributed by atoms with E-state index in [0.29, 0.717) is 12.4 Å². The van der Waals surface area contributed by atoms with Crippen molar-refractivity contribution in [3.63, 3.8) is 0 Å². The van der Waals surface area contributed by atoms with E-state index < -0.39 is 11.4 Å². The lowest BCUT2D eigenvalue weighted by Gasteiger charge is -2.30. The fraction of sp³-hybridized carbons (Fsp3) is 0.667. The number of anilines is 1. The smallest absolute Gasteiger partial charge is 0.186 e. The summed E-state index contributed by atoms with van der Waals surface area (Å²) in [5.74, 6) is -0.189. The molecule has 1 aromatic rings. The minimum atomic E-state index is -0.568. The van der Waals surface area contributed by atoms with E-state index >= 15 is 0 Å². The molecule has 96 valence electrons. The van der Waals surface area contributed by atoms with E-state index in [1.165, 1.54) is 0 Å². The third-order valence-electron chi connectivity index (χ3n) is 3.01. The molecule has 0 atom stereocenters. The Morgan fingerprint density at radius 2 is 1.82 bits per heavy atom. The number of hydrogen-bond donors (Lipinski definition) is 1. The maximum absolute atomic E-state index is 13.4. The maximum atomic E-state index is 13.4. The highest BCUT2D eigenvalue weighted by Crippen LogP contribution is 2.31. The standard InChI is InChI=1S/C12H20FN3O/c1-5-12(6-2,17-7-3)11-15-8(4)9(13)10(14)16-11/h5-7H2,1-4H3,(H2,14,15,16). The van der Waals surface area contributed by atoms with E-state index in [0.717, 1.165) is 12.8 Å². The van der Waals surface area contributed by atoms with Crippen LogP contribution < -0.4 is 5.73 Å². The largest absolute Gasteiger partial charge is 0.381 e. The molecule has 0 saturated carbocycles. The van der Waals surface area contributed by atoms with Crippen molar-refractivity contribution >= 4 is 5.82 Å².